The van der Waals surface area contributed by atoms with E-state index in [0.717, 1.165) is 18.6 Å². The fraction of sp³-hybridized carbons (Fsp3) is 0.455. The molecular formula is C11H11ClN2O. The molecular weight excluding hydrogens is 212 g/mol. The molecule has 0 amide bonds. The minimum Gasteiger partial charge on any atom is -0.497 e. The number of benzene rings is 1. The second-order valence-corrected chi connectivity index (χ2v) is 4.55. The Hall–Kier alpha value is -1.09. The van der Waals surface area contributed by atoms with E-state index >= 15 is 0 Å². The van der Waals surface area contributed by atoms with Crippen molar-refractivity contribution >= 4 is 11.6 Å². The smallest absolute Gasteiger partial charge is 0.270 e. The number of nitrogens with zero attached hydrogens (tertiary/aromatic N) is 2. The molecule has 1 heterocycles. The van der Waals surface area contributed by atoms with E-state index in [9.17, 15) is 0 Å². The number of ether oxygens (including phenoxy) is 1. The Morgan fingerprint density at radius 3 is 2.93 bits per heavy atom. The third-order valence-electron chi connectivity index (χ3n) is 3.16. The molecule has 4 heteroatoms. The largest absolute Gasteiger partial charge is 0.497 e. The zero-order valence-electron chi connectivity index (χ0n) is 8.40. The van der Waals surface area contributed by atoms with Crippen molar-refractivity contribution in [2.24, 2.45) is 10.2 Å². The SMILES string of the molecule is COc1ccc2c(c1)CCC2C1(Cl)N=N1. The number of halogens is 1. The molecule has 0 bridgehead atoms. The van der Waals surface area contributed by atoms with Crippen LogP contribution in [-0.4, -0.2) is 12.2 Å². The molecule has 2 aliphatic rings. The standard InChI is InChI=1S/C11H11ClN2O/c1-15-8-3-4-9-7(6-8)2-5-10(9)11(12)13-14-11/h3-4,6,10H,2,5H2,1H3. The van der Waals surface area contributed by atoms with Gasteiger partial charge in [0.05, 0.1) is 7.11 Å². The van der Waals surface area contributed by atoms with E-state index < -0.39 is 5.12 Å². The summed E-state index contributed by atoms with van der Waals surface area (Å²) in [5, 5.41) is 7.18. The summed E-state index contributed by atoms with van der Waals surface area (Å²) in [6.45, 7) is 0. The molecule has 1 atom stereocenters. The van der Waals surface area contributed by atoms with Crippen LogP contribution in [0.15, 0.2) is 28.4 Å². The molecule has 1 aromatic rings. The number of methoxy groups -OCH3 is 1. The summed E-state index contributed by atoms with van der Waals surface area (Å²) in [4.78, 5) is 0. The third-order valence-corrected chi connectivity index (χ3v) is 3.58. The Kier molecular flexibility index (Phi) is 1.80. The fourth-order valence-corrected chi connectivity index (χ4v) is 2.55. The van der Waals surface area contributed by atoms with Crippen LogP contribution in [0.25, 0.3) is 0 Å². The second-order valence-electron chi connectivity index (χ2n) is 3.99. The van der Waals surface area contributed by atoms with E-state index in [2.05, 4.69) is 22.4 Å². The lowest BCUT2D eigenvalue weighted by atomic mass is 9.99. The van der Waals surface area contributed by atoms with Gasteiger partial charge in [0.15, 0.2) is 0 Å². The Labute approximate surface area is 93.1 Å². The van der Waals surface area contributed by atoms with Crippen molar-refractivity contribution in [1.29, 1.82) is 0 Å². The number of rotatable bonds is 2. The van der Waals surface area contributed by atoms with Gasteiger partial charge in [-0.15, -0.1) is 10.2 Å². The molecule has 1 aliphatic carbocycles. The van der Waals surface area contributed by atoms with Gasteiger partial charge in [0.25, 0.3) is 5.12 Å². The molecule has 0 saturated heterocycles. The first-order valence-corrected chi connectivity index (χ1v) is 5.40. The Morgan fingerprint density at radius 1 is 1.47 bits per heavy atom. The lowest BCUT2D eigenvalue weighted by Crippen LogP contribution is -2.12. The van der Waals surface area contributed by atoms with Gasteiger partial charge in [0.2, 0.25) is 0 Å². The van der Waals surface area contributed by atoms with Crippen LogP contribution in [0.5, 0.6) is 5.75 Å². The van der Waals surface area contributed by atoms with E-state index in [1.54, 1.807) is 7.11 Å². The van der Waals surface area contributed by atoms with Crippen molar-refractivity contribution in [2.75, 3.05) is 7.11 Å². The molecule has 0 saturated carbocycles. The molecule has 1 unspecified atom stereocenters. The number of fused-ring (bicyclic) bond motifs is 1. The minimum absolute atomic E-state index is 0.250. The highest BCUT2D eigenvalue weighted by Crippen LogP contribution is 2.52. The van der Waals surface area contributed by atoms with Crippen LogP contribution in [0.2, 0.25) is 0 Å². The minimum atomic E-state index is -0.653. The van der Waals surface area contributed by atoms with Gasteiger partial charge < -0.3 is 4.74 Å². The first kappa shape index (κ1) is 9.16. The number of hydrogen-bond donors (Lipinski definition) is 0. The number of aryl methyl sites for hydroxylation is 1. The zero-order valence-corrected chi connectivity index (χ0v) is 9.16. The molecule has 78 valence electrons. The van der Waals surface area contributed by atoms with Gasteiger partial charge in [-0.3, -0.25) is 0 Å². The van der Waals surface area contributed by atoms with Gasteiger partial charge >= 0.3 is 0 Å². The van der Waals surface area contributed by atoms with Gasteiger partial charge in [-0.2, -0.15) is 0 Å². The molecule has 0 spiro atoms. The maximum atomic E-state index is 6.19. The quantitative estimate of drug-likeness (QED) is 0.559. The van der Waals surface area contributed by atoms with Crippen molar-refractivity contribution in [3.05, 3.63) is 29.3 Å². The summed E-state index contributed by atoms with van der Waals surface area (Å²) in [6, 6.07) is 6.14. The lowest BCUT2D eigenvalue weighted by molar-refractivity contribution is 0.414. The number of alkyl halides is 1. The van der Waals surface area contributed by atoms with Gasteiger partial charge in [-0.1, -0.05) is 17.7 Å². The van der Waals surface area contributed by atoms with Crippen LogP contribution in [0.3, 0.4) is 0 Å². The Bertz CT molecular complexity index is 438. The average Bonchev–Trinajstić information content (AvgIpc) is 2.86. The summed E-state index contributed by atoms with van der Waals surface area (Å²) >= 11 is 6.19. The van der Waals surface area contributed by atoms with Crippen LogP contribution < -0.4 is 4.74 Å². The Morgan fingerprint density at radius 2 is 2.27 bits per heavy atom. The van der Waals surface area contributed by atoms with E-state index in [1.807, 2.05) is 6.07 Å². The van der Waals surface area contributed by atoms with Gasteiger partial charge in [0, 0.05) is 5.92 Å². The summed E-state index contributed by atoms with van der Waals surface area (Å²) in [7, 11) is 1.68. The zero-order chi connectivity index (χ0) is 10.5. The fourth-order valence-electron chi connectivity index (χ4n) is 2.29. The molecule has 0 N–H and O–H groups in total. The van der Waals surface area contributed by atoms with E-state index in [4.69, 9.17) is 16.3 Å². The molecule has 3 rings (SSSR count). The highest BCUT2D eigenvalue weighted by Gasteiger charge is 2.49. The summed E-state index contributed by atoms with van der Waals surface area (Å²) in [5.74, 6) is 1.16. The summed E-state index contributed by atoms with van der Waals surface area (Å²) in [6.07, 6.45) is 2.07. The maximum absolute atomic E-state index is 6.19. The molecule has 0 aromatic heterocycles. The second kappa shape index (κ2) is 2.95. The van der Waals surface area contributed by atoms with Gasteiger partial charge in [-0.05, 0) is 36.1 Å². The van der Waals surface area contributed by atoms with Gasteiger partial charge in [0.1, 0.15) is 5.75 Å². The van der Waals surface area contributed by atoms with Crippen molar-refractivity contribution in [1.82, 2.24) is 0 Å². The third kappa shape index (κ3) is 1.34. The van der Waals surface area contributed by atoms with Crippen molar-refractivity contribution in [3.63, 3.8) is 0 Å². The number of hydrogen-bond acceptors (Lipinski definition) is 3. The average molecular weight is 223 g/mol. The highest BCUT2D eigenvalue weighted by molar-refractivity contribution is 6.25. The van der Waals surface area contributed by atoms with Crippen molar-refractivity contribution < 1.29 is 4.74 Å². The van der Waals surface area contributed by atoms with Crippen LogP contribution in [0.1, 0.15) is 23.5 Å². The molecule has 0 fully saturated rings. The molecule has 3 nitrogen and oxygen atoms in total. The summed E-state index contributed by atoms with van der Waals surface area (Å²) < 4.78 is 5.20. The van der Waals surface area contributed by atoms with Crippen LogP contribution in [0, 0.1) is 0 Å². The van der Waals surface area contributed by atoms with Crippen molar-refractivity contribution in [3.8, 4) is 5.75 Å². The van der Waals surface area contributed by atoms with Crippen LogP contribution in [-0.2, 0) is 6.42 Å². The predicted octanol–water partition coefficient (Wildman–Crippen LogP) is 3.08. The molecule has 1 aromatic carbocycles. The first-order valence-electron chi connectivity index (χ1n) is 5.03. The van der Waals surface area contributed by atoms with E-state index in [1.165, 1.54) is 11.1 Å². The Balaban J connectivity index is 1.97. The lowest BCUT2D eigenvalue weighted by Gasteiger charge is -2.12. The van der Waals surface area contributed by atoms with Crippen LogP contribution >= 0.6 is 11.6 Å². The van der Waals surface area contributed by atoms with Crippen molar-refractivity contribution in [2.45, 2.75) is 23.9 Å². The first-order chi connectivity index (χ1) is 7.23. The monoisotopic (exact) mass is 222 g/mol. The van der Waals surface area contributed by atoms with E-state index in [-0.39, 0.29) is 5.92 Å². The maximum Gasteiger partial charge on any atom is 0.270 e. The highest BCUT2D eigenvalue weighted by atomic mass is 35.5. The molecule has 15 heavy (non-hydrogen) atoms. The normalized spacial score (nSPS) is 25.1. The van der Waals surface area contributed by atoms with Crippen LogP contribution in [0.4, 0.5) is 0 Å². The topological polar surface area (TPSA) is 34.0 Å². The molecule has 1 aliphatic heterocycles. The molecule has 0 radical (unpaired) electrons. The predicted molar refractivity (Wildman–Crippen MR) is 57.5 cm³/mol. The van der Waals surface area contributed by atoms with Gasteiger partial charge in [-0.25, -0.2) is 0 Å². The summed E-state index contributed by atoms with van der Waals surface area (Å²) in [5.41, 5.74) is 2.59. The van der Waals surface area contributed by atoms with E-state index in [0.29, 0.717) is 0 Å².